The summed E-state index contributed by atoms with van der Waals surface area (Å²) < 4.78 is 106. The average molecular weight is 281 g/mol. The molecule has 0 rings (SSSR count). The number of hydrogen-bond acceptors (Lipinski definition) is 0. The van der Waals surface area contributed by atoms with Crippen LogP contribution in [0.3, 0.4) is 0 Å². The van der Waals surface area contributed by atoms with Crippen molar-refractivity contribution in [2.24, 2.45) is 0 Å². The van der Waals surface area contributed by atoms with E-state index in [1.165, 1.54) is 0 Å². The van der Waals surface area contributed by atoms with Gasteiger partial charge in [0.15, 0.2) is 0 Å². The Kier molecular flexibility index (Phi) is 3.86. The third-order valence-electron chi connectivity index (χ3n) is 1.26. The van der Waals surface area contributed by atoms with Crippen LogP contribution in [-0.4, -0.2) is 23.4 Å². The van der Waals surface area contributed by atoms with Crippen LogP contribution in [0.25, 0.3) is 0 Å². The van der Waals surface area contributed by atoms with E-state index in [0.29, 0.717) is 0 Å². The van der Waals surface area contributed by atoms with Gasteiger partial charge in [-0.1, -0.05) is 11.6 Å². The zero-order valence-electron chi connectivity index (χ0n) is 6.93. The molecule has 0 aromatic rings. The predicted molar refractivity (Wildman–Crippen MR) is 35.9 cm³/mol. The molecule has 0 aliphatic carbocycles. The molecular formula is C6H2ClF9. The molecule has 0 heterocycles. The van der Waals surface area contributed by atoms with E-state index in [0.717, 1.165) is 0 Å². The van der Waals surface area contributed by atoms with E-state index in [-0.39, 0.29) is 0 Å². The molecule has 10 heteroatoms. The number of rotatable bonds is 2. The summed E-state index contributed by atoms with van der Waals surface area (Å²) in [4.78, 5) is 0. The van der Waals surface area contributed by atoms with Crippen LogP contribution in [0.4, 0.5) is 39.5 Å². The van der Waals surface area contributed by atoms with Gasteiger partial charge in [0.1, 0.15) is 0 Å². The number of alkyl halides is 10. The van der Waals surface area contributed by atoms with Crippen LogP contribution in [-0.2, 0) is 0 Å². The summed E-state index contributed by atoms with van der Waals surface area (Å²) in [6.45, 7) is 0. The fraction of sp³-hybridized carbons (Fsp3) is 0.667. The van der Waals surface area contributed by atoms with Crippen molar-refractivity contribution in [3.8, 4) is 0 Å². The third kappa shape index (κ3) is 3.46. The van der Waals surface area contributed by atoms with Crippen molar-refractivity contribution in [2.45, 2.75) is 23.4 Å². The summed E-state index contributed by atoms with van der Waals surface area (Å²) in [5.41, 5.74) is 0. The summed E-state index contributed by atoms with van der Waals surface area (Å²) in [7, 11) is 0. The lowest BCUT2D eigenvalue weighted by Gasteiger charge is -2.19. The van der Waals surface area contributed by atoms with Crippen molar-refractivity contribution < 1.29 is 39.5 Å². The van der Waals surface area contributed by atoms with Gasteiger partial charge in [0.2, 0.25) is 0 Å². The van der Waals surface area contributed by atoms with Crippen LogP contribution >= 0.6 is 11.6 Å². The molecule has 0 N–H and O–H groups in total. The molecule has 0 fully saturated rings. The Morgan fingerprint density at radius 1 is 0.625 bits per heavy atom. The highest BCUT2D eigenvalue weighted by atomic mass is 35.5. The summed E-state index contributed by atoms with van der Waals surface area (Å²) in [6, 6.07) is 0. The molecule has 0 nitrogen and oxygen atoms in total. The van der Waals surface area contributed by atoms with Crippen LogP contribution in [0.5, 0.6) is 0 Å². The molecule has 0 saturated heterocycles. The van der Waals surface area contributed by atoms with E-state index in [2.05, 4.69) is 11.6 Å². The molecule has 0 bridgehead atoms. The van der Waals surface area contributed by atoms with E-state index < -0.39 is 35.6 Å². The van der Waals surface area contributed by atoms with Crippen molar-refractivity contribution in [1.29, 1.82) is 0 Å². The number of allylic oxidation sites excluding steroid dienone is 2. The highest BCUT2D eigenvalue weighted by Crippen LogP contribution is 2.42. The SMILES string of the molecule is FC(F)(F)C(F)(F)C=CC(F)(Cl)C(F)(F)F. The number of halogens is 10. The molecule has 0 spiro atoms. The van der Waals surface area contributed by atoms with E-state index in [9.17, 15) is 39.5 Å². The van der Waals surface area contributed by atoms with Crippen molar-refractivity contribution >= 4 is 11.6 Å². The Bertz CT molecular complexity index is 243. The maximum Gasteiger partial charge on any atom is 0.457 e. The van der Waals surface area contributed by atoms with Gasteiger partial charge in [-0.2, -0.15) is 35.1 Å². The lowest BCUT2D eigenvalue weighted by molar-refractivity contribution is -0.259. The zero-order valence-corrected chi connectivity index (χ0v) is 7.69. The Morgan fingerprint density at radius 3 is 1.25 bits per heavy atom. The van der Waals surface area contributed by atoms with Gasteiger partial charge in [-0.05, 0) is 12.2 Å². The molecule has 1 atom stereocenters. The second-order valence-corrected chi connectivity index (χ2v) is 3.12. The molecule has 16 heavy (non-hydrogen) atoms. The fourth-order valence-corrected chi connectivity index (χ4v) is 0.461. The second-order valence-electron chi connectivity index (χ2n) is 2.57. The van der Waals surface area contributed by atoms with Crippen molar-refractivity contribution in [2.75, 3.05) is 0 Å². The van der Waals surface area contributed by atoms with Gasteiger partial charge < -0.3 is 0 Å². The standard InChI is InChI=1S/C6H2ClF9/c7-3(8,5(11,12)13)1-2-4(9,10)6(14,15)16/h1-2H. The molecule has 96 valence electrons. The predicted octanol–water partition coefficient (Wildman–Crippen LogP) is 4.21. The maximum absolute atomic E-state index is 12.4. The minimum absolute atomic E-state index is 1.10. The molecular weight excluding hydrogens is 279 g/mol. The summed E-state index contributed by atoms with van der Waals surface area (Å²) >= 11 is 4.09. The lowest BCUT2D eigenvalue weighted by Crippen LogP contribution is -2.37. The van der Waals surface area contributed by atoms with Gasteiger partial charge in [-0.3, -0.25) is 0 Å². The third-order valence-corrected chi connectivity index (χ3v) is 1.60. The second kappa shape index (κ2) is 4.01. The molecule has 0 aliphatic heterocycles. The van der Waals surface area contributed by atoms with Crippen LogP contribution < -0.4 is 0 Å². The Hall–Kier alpha value is -0.600. The Morgan fingerprint density at radius 2 is 1.00 bits per heavy atom. The summed E-state index contributed by atoms with van der Waals surface area (Å²) in [5.74, 6) is -5.59. The van der Waals surface area contributed by atoms with Gasteiger partial charge in [0.25, 0.3) is 5.13 Å². The molecule has 0 aromatic carbocycles. The van der Waals surface area contributed by atoms with Gasteiger partial charge in [-0.15, -0.1) is 0 Å². The van der Waals surface area contributed by atoms with Crippen molar-refractivity contribution in [3.63, 3.8) is 0 Å². The fourth-order valence-electron chi connectivity index (χ4n) is 0.398. The zero-order chi connectivity index (χ0) is 13.4. The van der Waals surface area contributed by atoms with Crippen LogP contribution in [0.2, 0.25) is 0 Å². The first-order chi connectivity index (χ1) is 6.71. The smallest absolute Gasteiger partial charge is 0.211 e. The summed E-state index contributed by atoms with van der Waals surface area (Å²) in [6.07, 6.45) is -14.3. The van der Waals surface area contributed by atoms with Gasteiger partial charge in [-0.25, -0.2) is 4.39 Å². The van der Waals surface area contributed by atoms with Crippen molar-refractivity contribution in [1.82, 2.24) is 0 Å². The van der Waals surface area contributed by atoms with Crippen LogP contribution in [0, 0.1) is 0 Å². The average Bonchev–Trinajstić information content (AvgIpc) is 1.97. The molecule has 0 aromatic heterocycles. The molecule has 0 amide bonds. The summed E-state index contributed by atoms with van der Waals surface area (Å²) in [5, 5.41) is -4.78. The van der Waals surface area contributed by atoms with Gasteiger partial charge in [0.05, 0.1) is 0 Å². The van der Waals surface area contributed by atoms with Crippen molar-refractivity contribution in [3.05, 3.63) is 12.2 Å². The maximum atomic E-state index is 12.4. The van der Waals surface area contributed by atoms with E-state index in [4.69, 9.17) is 0 Å². The highest BCUT2D eigenvalue weighted by molar-refractivity contribution is 6.24. The Labute approximate surface area is 87.7 Å². The molecule has 0 radical (unpaired) electrons. The van der Waals surface area contributed by atoms with E-state index in [1.807, 2.05) is 0 Å². The topological polar surface area (TPSA) is 0 Å². The first-order valence-corrected chi connectivity index (χ1v) is 3.68. The largest absolute Gasteiger partial charge is 0.457 e. The van der Waals surface area contributed by atoms with E-state index >= 15 is 0 Å². The van der Waals surface area contributed by atoms with Crippen LogP contribution in [0.1, 0.15) is 0 Å². The molecule has 1 unspecified atom stereocenters. The Balaban J connectivity index is 5.01. The van der Waals surface area contributed by atoms with Crippen LogP contribution in [0.15, 0.2) is 12.2 Å². The first-order valence-electron chi connectivity index (χ1n) is 3.30. The van der Waals surface area contributed by atoms with Gasteiger partial charge >= 0.3 is 18.3 Å². The first kappa shape index (κ1) is 15.4. The molecule has 0 aliphatic rings. The quantitative estimate of drug-likeness (QED) is 0.404. The lowest BCUT2D eigenvalue weighted by atomic mass is 10.2. The highest BCUT2D eigenvalue weighted by Gasteiger charge is 2.58. The minimum atomic E-state index is -6.12. The number of hydrogen-bond donors (Lipinski definition) is 0. The minimum Gasteiger partial charge on any atom is -0.211 e. The van der Waals surface area contributed by atoms with Gasteiger partial charge in [0, 0.05) is 0 Å². The van der Waals surface area contributed by atoms with E-state index in [1.54, 1.807) is 0 Å². The monoisotopic (exact) mass is 280 g/mol. The normalized spacial score (nSPS) is 18.9. The molecule has 0 saturated carbocycles.